The number of likely N-dealkylation sites (N-methyl/N-ethyl adjacent to an activating group) is 1. The first-order chi connectivity index (χ1) is 15.0. The Bertz CT molecular complexity index is 1020. The third-order valence-corrected chi connectivity index (χ3v) is 5.31. The van der Waals surface area contributed by atoms with Crippen LogP contribution in [0.2, 0.25) is 0 Å². The molecule has 162 valence electrons. The molecule has 0 spiro atoms. The molecule has 7 heteroatoms. The molecule has 1 atom stereocenters. The van der Waals surface area contributed by atoms with Crippen molar-refractivity contribution in [2.75, 3.05) is 20.7 Å². The predicted molar refractivity (Wildman–Crippen MR) is 119 cm³/mol. The SMILES string of the molecule is COc1ccnc(C(=O)N(C)[C@H](CCNC(=O)c2cccn2C)Cc2ccccc2)c1. The maximum absolute atomic E-state index is 13.1. The number of rotatable bonds is 9. The minimum absolute atomic E-state index is 0.114. The summed E-state index contributed by atoms with van der Waals surface area (Å²) in [6.07, 6.45) is 4.68. The van der Waals surface area contributed by atoms with Crippen molar-refractivity contribution in [3.63, 3.8) is 0 Å². The number of ether oxygens (including phenoxy) is 1. The highest BCUT2D eigenvalue weighted by atomic mass is 16.5. The molecule has 7 nitrogen and oxygen atoms in total. The van der Waals surface area contributed by atoms with Gasteiger partial charge in [-0.25, -0.2) is 0 Å². The van der Waals surface area contributed by atoms with Gasteiger partial charge in [0.25, 0.3) is 11.8 Å². The summed E-state index contributed by atoms with van der Waals surface area (Å²) >= 11 is 0. The lowest BCUT2D eigenvalue weighted by Gasteiger charge is -2.28. The van der Waals surface area contributed by atoms with Crippen molar-refractivity contribution in [1.29, 1.82) is 0 Å². The van der Waals surface area contributed by atoms with Crippen LogP contribution in [0.15, 0.2) is 67.0 Å². The zero-order chi connectivity index (χ0) is 22.2. The van der Waals surface area contributed by atoms with E-state index in [-0.39, 0.29) is 17.9 Å². The smallest absolute Gasteiger partial charge is 0.272 e. The molecule has 0 unspecified atom stereocenters. The average Bonchev–Trinajstić information content (AvgIpc) is 3.24. The van der Waals surface area contributed by atoms with Gasteiger partial charge in [0, 0.05) is 45.1 Å². The van der Waals surface area contributed by atoms with E-state index in [1.807, 2.05) is 49.6 Å². The van der Waals surface area contributed by atoms with E-state index in [0.717, 1.165) is 5.56 Å². The number of carbonyl (C=O) groups is 2. The molecule has 1 aromatic carbocycles. The molecule has 2 amide bonds. The molecule has 0 aliphatic rings. The van der Waals surface area contributed by atoms with Crippen molar-refractivity contribution in [3.05, 3.63) is 83.9 Å². The second-order valence-electron chi connectivity index (χ2n) is 7.39. The van der Waals surface area contributed by atoms with Gasteiger partial charge in [-0.1, -0.05) is 30.3 Å². The summed E-state index contributed by atoms with van der Waals surface area (Å²) in [5.41, 5.74) is 2.05. The van der Waals surface area contributed by atoms with Crippen LogP contribution in [0.25, 0.3) is 0 Å². The molecule has 1 N–H and O–H groups in total. The lowest BCUT2D eigenvalue weighted by Crippen LogP contribution is -2.41. The van der Waals surface area contributed by atoms with Gasteiger partial charge in [-0.05, 0) is 36.6 Å². The highest BCUT2D eigenvalue weighted by Crippen LogP contribution is 2.16. The number of nitrogens with one attached hydrogen (secondary N) is 1. The molecule has 0 bridgehead atoms. The Morgan fingerprint density at radius 2 is 1.94 bits per heavy atom. The van der Waals surface area contributed by atoms with Gasteiger partial charge in [-0.2, -0.15) is 0 Å². The summed E-state index contributed by atoms with van der Waals surface area (Å²) < 4.78 is 7.00. The van der Waals surface area contributed by atoms with E-state index >= 15 is 0 Å². The number of benzene rings is 1. The number of carbonyl (C=O) groups excluding carboxylic acids is 2. The number of methoxy groups -OCH3 is 1. The largest absolute Gasteiger partial charge is 0.497 e. The standard InChI is InChI=1S/C24H28N4O3/c1-27-15-7-10-22(27)23(29)26-13-11-19(16-18-8-5-4-6-9-18)28(2)24(30)21-17-20(31-3)12-14-25-21/h4-10,12,14-15,17,19H,11,13,16H2,1-3H3,(H,26,29)/t19-/m1/s1. The van der Waals surface area contributed by atoms with Crippen molar-refractivity contribution < 1.29 is 14.3 Å². The fourth-order valence-corrected chi connectivity index (χ4v) is 3.46. The first-order valence-corrected chi connectivity index (χ1v) is 10.2. The van der Waals surface area contributed by atoms with Crippen LogP contribution in [0, 0.1) is 0 Å². The summed E-state index contributed by atoms with van der Waals surface area (Å²) in [5.74, 6) is 0.268. The van der Waals surface area contributed by atoms with Crippen molar-refractivity contribution in [2.24, 2.45) is 7.05 Å². The predicted octanol–water partition coefficient (Wildman–Crippen LogP) is 2.93. The number of nitrogens with zero attached hydrogens (tertiary/aromatic N) is 3. The van der Waals surface area contributed by atoms with Gasteiger partial charge >= 0.3 is 0 Å². The van der Waals surface area contributed by atoms with Crippen LogP contribution in [0.1, 0.15) is 33.0 Å². The monoisotopic (exact) mass is 420 g/mol. The fourth-order valence-electron chi connectivity index (χ4n) is 3.46. The van der Waals surface area contributed by atoms with Crippen LogP contribution in [-0.2, 0) is 13.5 Å². The maximum Gasteiger partial charge on any atom is 0.272 e. The number of pyridine rings is 1. The summed E-state index contributed by atoms with van der Waals surface area (Å²) in [4.78, 5) is 31.4. The number of hydrogen-bond acceptors (Lipinski definition) is 4. The van der Waals surface area contributed by atoms with Gasteiger partial charge in [-0.3, -0.25) is 14.6 Å². The van der Waals surface area contributed by atoms with E-state index in [1.165, 1.54) is 0 Å². The van der Waals surface area contributed by atoms with Gasteiger partial charge in [0.05, 0.1) is 7.11 Å². The second kappa shape index (κ2) is 10.4. The molecule has 31 heavy (non-hydrogen) atoms. The molecule has 0 saturated heterocycles. The Morgan fingerprint density at radius 3 is 2.61 bits per heavy atom. The third-order valence-electron chi connectivity index (χ3n) is 5.31. The van der Waals surface area contributed by atoms with Crippen LogP contribution in [0.5, 0.6) is 5.75 Å². The molecule has 3 rings (SSSR count). The third kappa shape index (κ3) is 5.72. The van der Waals surface area contributed by atoms with Gasteiger partial charge in [-0.15, -0.1) is 0 Å². The van der Waals surface area contributed by atoms with Crippen LogP contribution >= 0.6 is 0 Å². The molecular weight excluding hydrogens is 392 g/mol. The maximum atomic E-state index is 13.1. The lowest BCUT2D eigenvalue weighted by atomic mass is 10.0. The number of aryl methyl sites for hydroxylation is 1. The Hall–Kier alpha value is -3.61. The highest BCUT2D eigenvalue weighted by molar-refractivity contribution is 5.93. The molecule has 3 aromatic rings. The van der Waals surface area contributed by atoms with Crippen LogP contribution in [0.3, 0.4) is 0 Å². The molecule has 0 aliphatic carbocycles. The molecule has 0 fully saturated rings. The van der Waals surface area contributed by atoms with E-state index in [4.69, 9.17) is 4.74 Å². The Labute approximate surface area is 182 Å². The molecule has 0 saturated carbocycles. The van der Waals surface area contributed by atoms with Crippen molar-refractivity contribution >= 4 is 11.8 Å². The van der Waals surface area contributed by atoms with Crippen molar-refractivity contribution in [2.45, 2.75) is 18.9 Å². The average molecular weight is 421 g/mol. The van der Waals surface area contributed by atoms with Crippen LogP contribution < -0.4 is 10.1 Å². The highest BCUT2D eigenvalue weighted by Gasteiger charge is 2.23. The Kier molecular flexibility index (Phi) is 7.43. The van der Waals surface area contributed by atoms with Gasteiger partial charge in [0.1, 0.15) is 17.1 Å². The minimum Gasteiger partial charge on any atom is -0.497 e. The van der Waals surface area contributed by atoms with Crippen LogP contribution in [0.4, 0.5) is 0 Å². The quantitative estimate of drug-likeness (QED) is 0.578. The van der Waals surface area contributed by atoms with E-state index in [9.17, 15) is 9.59 Å². The topological polar surface area (TPSA) is 76.5 Å². The zero-order valence-electron chi connectivity index (χ0n) is 18.1. The lowest BCUT2D eigenvalue weighted by molar-refractivity contribution is 0.0716. The summed E-state index contributed by atoms with van der Waals surface area (Å²) in [7, 11) is 5.16. The van der Waals surface area contributed by atoms with E-state index in [0.29, 0.717) is 36.5 Å². The van der Waals surface area contributed by atoms with E-state index in [2.05, 4.69) is 10.3 Å². The van der Waals surface area contributed by atoms with E-state index in [1.54, 1.807) is 48.0 Å². The van der Waals surface area contributed by atoms with Gasteiger partial charge in [0.15, 0.2) is 0 Å². The Morgan fingerprint density at radius 1 is 1.16 bits per heavy atom. The normalized spacial score (nSPS) is 11.6. The van der Waals surface area contributed by atoms with Crippen molar-refractivity contribution in [3.8, 4) is 5.75 Å². The first-order valence-electron chi connectivity index (χ1n) is 10.2. The molecule has 2 heterocycles. The summed E-state index contributed by atoms with van der Waals surface area (Å²) in [6, 6.07) is 16.8. The number of amides is 2. The zero-order valence-corrected chi connectivity index (χ0v) is 18.1. The van der Waals surface area contributed by atoms with Gasteiger partial charge < -0.3 is 19.5 Å². The fraction of sp³-hybridized carbons (Fsp3) is 0.292. The summed E-state index contributed by atoms with van der Waals surface area (Å²) in [5, 5.41) is 2.96. The number of aromatic nitrogens is 2. The van der Waals surface area contributed by atoms with Gasteiger partial charge in [0.2, 0.25) is 0 Å². The molecule has 0 radical (unpaired) electrons. The van der Waals surface area contributed by atoms with E-state index < -0.39 is 0 Å². The molecular formula is C24H28N4O3. The first kappa shape index (κ1) is 22.1. The number of hydrogen-bond donors (Lipinski definition) is 1. The van der Waals surface area contributed by atoms with Crippen molar-refractivity contribution in [1.82, 2.24) is 19.8 Å². The van der Waals surface area contributed by atoms with Crippen LogP contribution in [-0.4, -0.2) is 53.0 Å². The minimum atomic E-state index is -0.186. The second-order valence-corrected chi connectivity index (χ2v) is 7.39. The molecule has 0 aliphatic heterocycles. The Balaban J connectivity index is 1.71. The summed E-state index contributed by atoms with van der Waals surface area (Å²) in [6.45, 7) is 0.449. The molecule has 2 aromatic heterocycles.